The Kier molecular flexibility index (Phi) is 5.01. The molecule has 2 N–H and O–H groups in total. The van der Waals surface area contributed by atoms with Crippen molar-refractivity contribution in [1.82, 2.24) is 0 Å². The molecule has 0 aliphatic carbocycles. The van der Waals surface area contributed by atoms with Crippen LogP contribution in [-0.2, 0) is 6.54 Å². The van der Waals surface area contributed by atoms with E-state index in [0.29, 0.717) is 26.8 Å². The second kappa shape index (κ2) is 6.35. The zero-order valence-corrected chi connectivity index (χ0v) is 14.2. The van der Waals surface area contributed by atoms with E-state index < -0.39 is 0 Å². The maximum absolute atomic E-state index is 9.90. The van der Waals surface area contributed by atoms with Crippen molar-refractivity contribution in [2.75, 3.05) is 5.32 Å². The molecule has 0 saturated heterocycles. The number of rotatable bonds is 3. The minimum absolute atomic E-state index is 0.208. The number of benzene rings is 2. The minimum Gasteiger partial charge on any atom is -0.506 e. The molecule has 2 rings (SSSR count). The molecule has 100 valence electrons. The Morgan fingerprint density at radius 1 is 1.11 bits per heavy atom. The molecule has 0 atom stereocenters. The first kappa shape index (κ1) is 15.0. The van der Waals surface area contributed by atoms with Crippen LogP contribution in [0.5, 0.6) is 5.75 Å². The molecular formula is C13H9Br2Cl2NO. The van der Waals surface area contributed by atoms with E-state index in [1.54, 1.807) is 18.2 Å². The van der Waals surface area contributed by atoms with Crippen molar-refractivity contribution >= 4 is 60.7 Å². The molecule has 2 nitrogen and oxygen atoms in total. The average molecular weight is 426 g/mol. The summed E-state index contributed by atoms with van der Waals surface area (Å²) in [6, 6.07) is 8.98. The molecule has 6 heteroatoms. The largest absolute Gasteiger partial charge is 0.506 e. The molecule has 0 radical (unpaired) electrons. The molecule has 0 bridgehead atoms. The summed E-state index contributed by atoms with van der Waals surface area (Å²) in [5.74, 6) is 0.208. The van der Waals surface area contributed by atoms with Gasteiger partial charge in [0, 0.05) is 16.6 Å². The van der Waals surface area contributed by atoms with E-state index in [2.05, 4.69) is 37.2 Å². The smallest absolute Gasteiger partial charge is 0.134 e. The van der Waals surface area contributed by atoms with E-state index in [-0.39, 0.29) is 5.75 Å². The van der Waals surface area contributed by atoms with Crippen LogP contribution in [-0.4, -0.2) is 5.11 Å². The van der Waals surface area contributed by atoms with Crippen LogP contribution in [0.15, 0.2) is 39.3 Å². The summed E-state index contributed by atoms with van der Waals surface area (Å²) in [4.78, 5) is 0. The summed E-state index contributed by atoms with van der Waals surface area (Å²) in [6.45, 7) is 0.423. The number of phenols is 1. The van der Waals surface area contributed by atoms with Crippen molar-refractivity contribution in [3.05, 3.63) is 54.9 Å². The van der Waals surface area contributed by atoms with Crippen molar-refractivity contribution in [3.8, 4) is 5.75 Å². The van der Waals surface area contributed by atoms with Crippen LogP contribution in [0.25, 0.3) is 0 Å². The summed E-state index contributed by atoms with van der Waals surface area (Å²) in [5, 5.41) is 14.1. The van der Waals surface area contributed by atoms with Crippen molar-refractivity contribution in [2.45, 2.75) is 6.54 Å². The first-order chi connectivity index (χ1) is 8.99. The fraction of sp³-hybridized carbons (Fsp3) is 0.0769. The maximum atomic E-state index is 9.90. The number of aromatic hydroxyl groups is 1. The van der Waals surface area contributed by atoms with Gasteiger partial charge in [0.1, 0.15) is 5.75 Å². The molecule has 0 amide bonds. The van der Waals surface area contributed by atoms with Crippen LogP contribution >= 0.6 is 55.1 Å². The zero-order chi connectivity index (χ0) is 14.0. The van der Waals surface area contributed by atoms with Gasteiger partial charge in [-0.15, -0.1) is 0 Å². The summed E-state index contributed by atoms with van der Waals surface area (Å²) in [7, 11) is 0. The predicted octanol–water partition coefficient (Wildman–Crippen LogP) is 5.84. The Hall–Kier alpha value is -0.420. The van der Waals surface area contributed by atoms with Gasteiger partial charge in [-0.3, -0.25) is 0 Å². The molecule has 19 heavy (non-hydrogen) atoms. The molecule has 0 unspecified atom stereocenters. The van der Waals surface area contributed by atoms with Gasteiger partial charge in [0.2, 0.25) is 0 Å². The Balaban J connectivity index is 2.22. The number of hydrogen-bond donors (Lipinski definition) is 2. The van der Waals surface area contributed by atoms with Gasteiger partial charge in [-0.25, -0.2) is 0 Å². The van der Waals surface area contributed by atoms with Gasteiger partial charge in [-0.1, -0.05) is 51.3 Å². The predicted molar refractivity (Wildman–Crippen MR) is 87.3 cm³/mol. The van der Waals surface area contributed by atoms with Gasteiger partial charge in [0.25, 0.3) is 0 Å². The Morgan fingerprint density at radius 3 is 2.37 bits per heavy atom. The van der Waals surface area contributed by atoms with Crippen molar-refractivity contribution in [3.63, 3.8) is 0 Å². The molecule has 0 aromatic heterocycles. The number of para-hydroxylation sites is 1. The van der Waals surface area contributed by atoms with Gasteiger partial charge in [0.05, 0.1) is 20.2 Å². The standard InChI is InChI=1S/C13H9Br2Cl2NO/c14-8-4-10(16)12(11(17)5-8)18-6-7-2-1-3-9(15)13(7)19/h1-5,18-19H,6H2. The normalized spacial score (nSPS) is 10.5. The maximum Gasteiger partial charge on any atom is 0.134 e. The number of nitrogens with one attached hydrogen (secondary N) is 1. The first-order valence-electron chi connectivity index (χ1n) is 5.34. The highest BCUT2D eigenvalue weighted by Crippen LogP contribution is 2.35. The molecule has 0 fully saturated rings. The summed E-state index contributed by atoms with van der Waals surface area (Å²) < 4.78 is 1.47. The molecule has 0 saturated carbocycles. The quantitative estimate of drug-likeness (QED) is 0.647. The molecular weight excluding hydrogens is 417 g/mol. The van der Waals surface area contributed by atoms with Crippen molar-refractivity contribution in [1.29, 1.82) is 0 Å². The van der Waals surface area contributed by atoms with E-state index >= 15 is 0 Å². The zero-order valence-electron chi connectivity index (χ0n) is 9.55. The molecule has 0 spiro atoms. The summed E-state index contributed by atoms with van der Waals surface area (Å²) in [6.07, 6.45) is 0. The van der Waals surface area contributed by atoms with Crippen LogP contribution in [0, 0.1) is 0 Å². The van der Waals surface area contributed by atoms with Crippen molar-refractivity contribution < 1.29 is 5.11 Å². The van der Waals surface area contributed by atoms with Crippen molar-refractivity contribution in [2.24, 2.45) is 0 Å². The number of phenolic OH excluding ortho intramolecular Hbond substituents is 1. The third-order valence-corrected chi connectivity index (χ3v) is 4.23. The van der Waals surface area contributed by atoms with Gasteiger partial charge < -0.3 is 10.4 Å². The summed E-state index contributed by atoms with van der Waals surface area (Å²) >= 11 is 18.8. The lowest BCUT2D eigenvalue weighted by Gasteiger charge is -2.12. The third-order valence-electron chi connectivity index (χ3n) is 2.53. The second-order valence-electron chi connectivity index (χ2n) is 3.85. The van der Waals surface area contributed by atoms with Gasteiger partial charge in [-0.05, 0) is 34.1 Å². The molecule has 0 heterocycles. The van der Waals surface area contributed by atoms with Crippen LogP contribution in [0.3, 0.4) is 0 Å². The first-order valence-corrected chi connectivity index (χ1v) is 7.68. The molecule has 2 aromatic carbocycles. The van der Waals surface area contributed by atoms with E-state index in [9.17, 15) is 5.11 Å². The minimum atomic E-state index is 0.208. The van der Waals surface area contributed by atoms with Crippen LogP contribution in [0.1, 0.15) is 5.56 Å². The highest BCUT2D eigenvalue weighted by molar-refractivity contribution is 9.10. The van der Waals surface area contributed by atoms with Gasteiger partial charge in [0.15, 0.2) is 0 Å². The fourth-order valence-electron chi connectivity index (χ4n) is 1.60. The Labute approximate surface area is 138 Å². The monoisotopic (exact) mass is 423 g/mol. The third kappa shape index (κ3) is 3.57. The molecule has 0 aliphatic rings. The SMILES string of the molecule is Oc1c(Br)cccc1CNc1c(Cl)cc(Br)cc1Cl. The highest BCUT2D eigenvalue weighted by Gasteiger charge is 2.09. The van der Waals surface area contributed by atoms with Crippen LogP contribution in [0.2, 0.25) is 10.0 Å². The van der Waals surface area contributed by atoms with E-state index in [4.69, 9.17) is 23.2 Å². The van der Waals surface area contributed by atoms with Crippen LogP contribution in [0.4, 0.5) is 5.69 Å². The highest BCUT2D eigenvalue weighted by atomic mass is 79.9. The molecule has 0 aliphatic heterocycles. The van der Waals surface area contributed by atoms with Gasteiger partial charge >= 0.3 is 0 Å². The number of halogens is 4. The Bertz CT molecular complexity index is 597. The van der Waals surface area contributed by atoms with Crippen LogP contribution < -0.4 is 5.32 Å². The number of hydrogen-bond acceptors (Lipinski definition) is 2. The van der Waals surface area contributed by atoms with Gasteiger partial charge in [-0.2, -0.15) is 0 Å². The fourth-order valence-corrected chi connectivity index (χ4v) is 3.35. The van der Waals surface area contributed by atoms with E-state index in [1.165, 1.54) is 0 Å². The van der Waals surface area contributed by atoms with E-state index in [1.807, 2.05) is 12.1 Å². The Morgan fingerprint density at radius 2 is 1.74 bits per heavy atom. The number of anilines is 1. The molecule has 2 aromatic rings. The lowest BCUT2D eigenvalue weighted by molar-refractivity contribution is 0.465. The lowest BCUT2D eigenvalue weighted by atomic mass is 10.2. The topological polar surface area (TPSA) is 32.3 Å². The lowest BCUT2D eigenvalue weighted by Crippen LogP contribution is -2.01. The summed E-state index contributed by atoms with van der Waals surface area (Å²) in [5.41, 5.74) is 1.40. The van der Waals surface area contributed by atoms with E-state index in [0.717, 1.165) is 10.0 Å². The second-order valence-corrected chi connectivity index (χ2v) is 6.43. The average Bonchev–Trinajstić information content (AvgIpc) is 2.33.